The number of nitrogens with one attached hydrogen (secondary N) is 1. The second-order valence-corrected chi connectivity index (χ2v) is 7.65. The summed E-state index contributed by atoms with van der Waals surface area (Å²) in [5.74, 6) is 0. The second kappa shape index (κ2) is 5.21. The van der Waals surface area contributed by atoms with Gasteiger partial charge >= 0.3 is 0 Å². The monoisotopic (exact) mass is 321 g/mol. The molecule has 0 heterocycles. The van der Waals surface area contributed by atoms with Crippen LogP contribution >= 0.6 is 15.9 Å². The Morgan fingerprint density at radius 3 is 2.53 bits per heavy atom. The Hall–Kier alpha value is -0.340. The lowest BCUT2D eigenvalue weighted by atomic mass is 9.46. The molecule has 0 aromatic heterocycles. The van der Waals surface area contributed by atoms with Crippen LogP contribution in [0.15, 0.2) is 28.7 Å². The van der Waals surface area contributed by atoms with Crippen LogP contribution in [-0.2, 0) is 5.41 Å². The minimum atomic E-state index is 0.385. The molecule has 19 heavy (non-hydrogen) atoms. The normalized spacial score (nSPS) is 24.1. The molecule has 1 spiro atoms. The molecule has 1 aromatic carbocycles. The van der Waals surface area contributed by atoms with Gasteiger partial charge < -0.3 is 5.32 Å². The summed E-state index contributed by atoms with van der Waals surface area (Å²) in [7, 11) is 2.09. The molecular formula is C17H24BrN. The second-order valence-electron chi connectivity index (χ2n) is 6.74. The third-order valence-electron chi connectivity index (χ3n) is 5.29. The van der Waals surface area contributed by atoms with Gasteiger partial charge in [-0.3, -0.25) is 0 Å². The van der Waals surface area contributed by atoms with Crippen molar-refractivity contribution in [3.8, 4) is 0 Å². The summed E-state index contributed by atoms with van der Waals surface area (Å²) < 4.78 is 1.21. The van der Waals surface area contributed by atoms with E-state index in [4.69, 9.17) is 0 Å². The van der Waals surface area contributed by atoms with Crippen molar-refractivity contribution in [2.45, 2.75) is 50.4 Å². The van der Waals surface area contributed by atoms with Crippen molar-refractivity contribution >= 4 is 15.9 Å². The molecule has 2 saturated carbocycles. The summed E-state index contributed by atoms with van der Waals surface area (Å²) in [6.07, 6.45) is 10.1. The smallest absolute Gasteiger partial charge is 0.0178 e. The highest BCUT2D eigenvalue weighted by Crippen LogP contribution is 2.61. The van der Waals surface area contributed by atoms with Gasteiger partial charge in [0.05, 0.1) is 0 Å². The van der Waals surface area contributed by atoms with E-state index in [-0.39, 0.29) is 0 Å². The van der Waals surface area contributed by atoms with E-state index in [9.17, 15) is 0 Å². The quantitative estimate of drug-likeness (QED) is 0.854. The molecule has 0 amide bonds. The van der Waals surface area contributed by atoms with Crippen LogP contribution in [0.5, 0.6) is 0 Å². The van der Waals surface area contributed by atoms with Crippen LogP contribution < -0.4 is 5.32 Å². The summed E-state index contributed by atoms with van der Waals surface area (Å²) in [5, 5.41) is 3.44. The van der Waals surface area contributed by atoms with Crippen LogP contribution in [0.2, 0.25) is 0 Å². The molecule has 2 fully saturated rings. The Labute approximate surface area is 125 Å². The lowest BCUT2D eigenvalue weighted by Crippen LogP contribution is -2.55. The molecule has 0 atom stereocenters. The van der Waals surface area contributed by atoms with Crippen LogP contribution in [0.1, 0.15) is 50.5 Å². The fourth-order valence-corrected chi connectivity index (χ4v) is 5.03. The summed E-state index contributed by atoms with van der Waals surface area (Å²) in [6.45, 7) is 1.12. The van der Waals surface area contributed by atoms with Crippen molar-refractivity contribution in [2.24, 2.45) is 5.41 Å². The van der Waals surface area contributed by atoms with Crippen molar-refractivity contribution in [2.75, 3.05) is 13.6 Å². The van der Waals surface area contributed by atoms with E-state index in [1.165, 1.54) is 55.0 Å². The Morgan fingerprint density at radius 2 is 1.89 bits per heavy atom. The Morgan fingerprint density at radius 1 is 1.16 bits per heavy atom. The Bertz CT molecular complexity index is 440. The van der Waals surface area contributed by atoms with Crippen LogP contribution in [-0.4, -0.2) is 13.6 Å². The fraction of sp³-hybridized carbons (Fsp3) is 0.647. The Kier molecular flexibility index (Phi) is 3.74. The van der Waals surface area contributed by atoms with E-state index in [2.05, 4.69) is 52.6 Å². The maximum atomic E-state index is 3.63. The fourth-order valence-electron chi connectivity index (χ4n) is 4.63. The third-order valence-corrected chi connectivity index (χ3v) is 5.79. The van der Waals surface area contributed by atoms with Gasteiger partial charge in [0.1, 0.15) is 0 Å². The van der Waals surface area contributed by atoms with Crippen molar-refractivity contribution in [3.63, 3.8) is 0 Å². The first kappa shape index (κ1) is 13.6. The highest BCUT2D eigenvalue weighted by atomic mass is 79.9. The summed E-state index contributed by atoms with van der Waals surface area (Å²) in [6, 6.07) is 8.96. The van der Waals surface area contributed by atoms with Gasteiger partial charge in [-0.05, 0) is 55.8 Å². The first-order valence-electron chi connectivity index (χ1n) is 7.59. The third kappa shape index (κ3) is 2.50. The molecule has 3 rings (SSSR count). The maximum Gasteiger partial charge on any atom is 0.0178 e. The largest absolute Gasteiger partial charge is 0.319 e. The highest BCUT2D eigenvalue weighted by molar-refractivity contribution is 9.10. The molecule has 1 N–H and O–H groups in total. The first-order valence-corrected chi connectivity index (χ1v) is 8.38. The summed E-state index contributed by atoms with van der Waals surface area (Å²) in [4.78, 5) is 0. The van der Waals surface area contributed by atoms with E-state index in [0.717, 1.165) is 6.54 Å². The molecule has 1 aromatic rings. The van der Waals surface area contributed by atoms with Crippen LogP contribution in [0.4, 0.5) is 0 Å². The van der Waals surface area contributed by atoms with Gasteiger partial charge in [-0.15, -0.1) is 0 Å². The van der Waals surface area contributed by atoms with Gasteiger partial charge in [0, 0.05) is 16.4 Å². The molecule has 0 bridgehead atoms. The minimum absolute atomic E-state index is 0.385. The minimum Gasteiger partial charge on any atom is -0.319 e. The molecule has 2 heteroatoms. The van der Waals surface area contributed by atoms with Gasteiger partial charge in [0.2, 0.25) is 0 Å². The van der Waals surface area contributed by atoms with E-state index >= 15 is 0 Å². The van der Waals surface area contributed by atoms with Crippen LogP contribution in [0, 0.1) is 5.41 Å². The number of benzene rings is 1. The van der Waals surface area contributed by atoms with Gasteiger partial charge in [0.15, 0.2) is 0 Å². The molecule has 1 nitrogen and oxygen atoms in total. The predicted octanol–water partition coefficient (Wildman–Crippen LogP) is 4.65. The zero-order chi connectivity index (χ0) is 13.3. The van der Waals surface area contributed by atoms with E-state index < -0.39 is 0 Å². The molecule has 104 valence electrons. The van der Waals surface area contributed by atoms with Crippen molar-refractivity contribution in [1.29, 1.82) is 0 Å². The number of hydrogen-bond acceptors (Lipinski definition) is 1. The molecule has 0 aliphatic heterocycles. The van der Waals surface area contributed by atoms with E-state index in [1.54, 1.807) is 0 Å². The highest BCUT2D eigenvalue weighted by Gasteiger charge is 2.54. The lowest BCUT2D eigenvalue weighted by Gasteiger charge is -2.59. The molecule has 0 unspecified atom stereocenters. The number of hydrogen-bond donors (Lipinski definition) is 1. The summed E-state index contributed by atoms with van der Waals surface area (Å²) >= 11 is 3.63. The molecule has 2 aliphatic carbocycles. The topological polar surface area (TPSA) is 12.0 Å². The zero-order valence-electron chi connectivity index (χ0n) is 11.8. The zero-order valence-corrected chi connectivity index (χ0v) is 13.4. The van der Waals surface area contributed by atoms with Gasteiger partial charge in [-0.2, -0.15) is 0 Å². The molecule has 2 aliphatic rings. The van der Waals surface area contributed by atoms with Gasteiger partial charge in [-0.1, -0.05) is 47.3 Å². The number of halogens is 1. The predicted molar refractivity (Wildman–Crippen MR) is 84.5 cm³/mol. The van der Waals surface area contributed by atoms with Crippen molar-refractivity contribution in [3.05, 3.63) is 34.3 Å². The van der Waals surface area contributed by atoms with Crippen LogP contribution in [0.25, 0.3) is 0 Å². The van der Waals surface area contributed by atoms with E-state index in [1.807, 2.05) is 0 Å². The van der Waals surface area contributed by atoms with Crippen LogP contribution in [0.3, 0.4) is 0 Å². The lowest BCUT2D eigenvalue weighted by molar-refractivity contribution is -0.0119. The summed E-state index contributed by atoms with van der Waals surface area (Å²) in [5.41, 5.74) is 2.58. The van der Waals surface area contributed by atoms with Gasteiger partial charge in [0.25, 0.3) is 0 Å². The van der Waals surface area contributed by atoms with E-state index in [0.29, 0.717) is 10.8 Å². The molecular weight excluding hydrogens is 298 g/mol. The standard InChI is InChI=1S/C17H24BrN/c1-19-13-17(14-6-5-7-15(18)10-14)11-16(12-17)8-3-2-4-9-16/h5-7,10,19H,2-4,8-9,11-13H2,1H3. The Balaban J connectivity index is 1.82. The average Bonchev–Trinajstić information content (AvgIpc) is 2.38. The molecule has 0 saturated heterocycles. The number of rotatable bonds is 3. The maximum absolute atomic E-state index is 3.63. The van der Waals surface area contributed by atoms with Crippen molar-refractivity contribution in [1.82, 2.24) is 5.32 Å². The van der Waals surface area contributed by atoms with Gasteiger partial charge in [-0.25, -0.2) is 0 Å². The van der Waals surface area contributed by atoms with Crippen molar-refractivity contribution < 1.29 is 0 Å². The average molecular weight is 322 g/mol. The number of likely N-dealkylation sites (N-methyl/N-ethyl adjacent to an activating group) is 1. The first-order chi connectivity index (χ1) is 9.18. The molecule has 0 radical (unpaired) electrons. The SMILES string of the molecule is CNCC1(c2cccc(Br)c2)CC2(CCCCC2)C1.